The first-order valence-electron chi connectivity index (χ1n) is 4.35. The van der Waals surface area contributed by atoms with E-state index in [4.69, 9.17) is 23.2 Å². The smallest absolute Gasteiger partial charge is 0.223 e. The molecular weight excluding hydrogens is 255 g/mol. The normalized spacial score (nSPS) is 10.5. The van der Waals surface area contributed by atoms with Gasteiger partial charge in [0.15, 0.2) is 0 Å². The Morgan fingerprint density at radius 2 is 1.56 bits per heavy atom. The molecule has 0 fully saturated rings. The maximum absolute atomic E-state index is 13.5. The number of halogens is 4. The van der Waals surface area contributed by atoms with E-state index in [-0.39, 0.29) is 21.2 Å². The van der Waals surface area contributed by atoms with Gasteiger partial charge in [-0.25, -0.2) is 9.37 Å². The van der Waals surface area contributed by atoms with Gasteiger partial charge in [-0.3, -0.25) is 0 Å². The molecule has 5 heteroatoms. The molecule has 0 saturated heterocycles. The van der Waals surface area contributed by atoms with Crippen molar-refractivity contribution in [1.82, 2.24) is 4.98 Å². The third kappa shape index (κ3) is 1.88. The van der Waals surface area contributed by atoms with Gasteiger partial charge >= 0.3 is 0 Å². The molecule has 82 valence electrons. The Morgan fingerprint density at radius 1 is 0.938 bits per heavy atom. The number of nitrogens with zero attached hydrogens (tertiary/aromatic N) is 1. The van der Waals surface area contributed by atoms with Crippen molar-refractivity contribution in [3.05, 3.63) is 52.3 Å². The van der Waals surface area contributed by atoms with Crippen LogP contribution in [0.4, 0.5) is 8.78 Å². The van der Waals surface area contributed by atoms with Crippen LogP contribution in [-0.4, -0.2) is 4.98 Å². The molecule has 1 heterocycles. The molecule has 0 unspecified atom stereocenters. The quantitative estimate of drug-likeness (QED) is 0.695. The van der Waals surface area contributed by atoms with Crippen LogP contribution in [0.15, 0.2) is 30.5 Å². The van der Waals surface area contributed by atoms with Crippen molar-refractivity contribution in [2.45, 2.75) is 0 Å². The number of hydrogen-bond acceptors (Lipinski definition) is 1. The predicted molar refractivity (Wildman–Crippen MR) is 59.6 cm³/mol. The highest BCUT2D eigenvalue weighted by molar-refractivity contribution is 6.39. The van der Waals surface area contributed by atoms with Crippen molar-refractivity contribution in [1.29, 1.82) is 0 Å². The second-order valence-electron chi connectivity index (χ2n) is 3.06. The van der Waals surface area contributed by atoms with Crippen molar-refractivity contribution in [3.8, 4) is 11.1 Å². The van der Waals surface area contributed by atoms with Gasteiger partial charge in [-0.05, 0) is 18.2 Å². The van der Waals surface area contributed by atoms with Gasteiger partial charge in [-0.2, -0.15) is 4.39 Å². The summed E-state index contributed by atoms with van der Waals surface area (Å²) in [6.07, 6.45) is 1.04. The number of rotatable bonds is 1. The lowest BCUT2D eigenvalue weighted by molar-refractivity contribution is 0.558. The molecule has 0 radical (unpaired) electrons. The molecule has 0 aliphatic heterocycles. The lowest BCUT2D eigenvalue weighted by Crippen LogP contribution is -1.94. The minimum atomic E-state index is -0.935. The van der Waals surface area contributed by atoms with Crippen LogP contribution >= 0.6 is 23.2 Å². The zero-order chi connectivity index (χ0) is 11.7. The SMILES string of the molecule is Fc1ccnc(F)c1-c1c(Cl)cccc1Cl. The van der Waals surface area contributed by atoms with E-state index in [0.717, 1.165) is 12.3 Å². The lowest BCUT2D eigenvalue weighted by Gasteiger charge is -2.08. The van der Waals surface area contributed by atoms with Crippen LogP contribution in [0.3, 0.4) is 0 Å². The summed E-state index contributed by atoms with van der Waals surface area (Å²) in [6.45, 7) is 0. The van der Waals surface area contributed by atoms with Gasteiger partial charge < -0.3 is 0 Å². The van der Waals surface area contributed by atoms with Gasteiger partial charge in [0.25, 0.3) is 0 Å². The molecule has 1 nitrogen and oxygen atoms in total. The maximum atomic E-state index is 13.5. The second kappa shape index (κ2) is 4.36. The fourth-order valence-corrected chi connectivity index (χ4v) is 1.96. The summed E-state index contributed by atoms with van der Waals surface area (Å²) >= 11 is 11.7. The van der Waals surface area contributed by atoms with Crippen LogP contribution in [0.25, 0.3) is 11.1 Å². The molecule has 2 rings (SSSR count). The standard InChI is InChI=1S/C11H5Cl2F2N/c12-6-2-1-3-7(13)9(6)10-8(14)4-5-16-11(10)15/h1-5H. The third-order valence-electron chi connectivity index (χ3n) is 2.07. The van der Waals surface area contributed by atoms with Crippen molar-refractivity contribution < 1.29 is 8.78 Å². The maximum Gasteiger partial charge on any atom is 0.223 e. The molecular formula is C11H5Cl2F2N. The topological polar surface area (TPSA) is 12.9 Å². The molecule has 0 spiro atoms. The molecule has 0 bridgehead atoms. The minimum Gasteiger partial charge on any atom is -0.228 e. The Balaban J connectivity index is 2.77. The van der Waals surface area contributed by atoms with Crippen LogP contribution in [0.2, 0.25) is 10.0 Å². The molecule has 0 aliphatic carbocycles. The highest BCUT2D eigenvalue weighted by Gasteiger charge is 2.17. The highest BCUT2D eigenvalue weighted by atomic mass is 35.5. The fourth-order valence-electron chi connectivity index (χ4n) is 1.37. The van der Waals surface area contributed by atoms with E-state index in [2.05, 4.69) is 4.98 Å². The number of benzene rings is 1. The van der Waals surface area contributed by atoms with Gasteiger partial charge in [0.05, 0.1) is 15.6 Å². The molecule has 1 aromatic heterocycles. The first kappa shape index (κ1) is 11.3. The molecule has 0 aliphatic rings. The van der Waals surface area contributed by atoms with Gasteiger partial charge in [0.2, 0.25) is 5.95 Å². The van der Waals surface area contributed by atoms with Crippen LogP contribution in [-0.2, 0) is 0 Å². The Labute approximate surface area is 101 Å². The van der Waals surface area contributed by atoms with E-state index in [1.165, 1.54) is 12.1 Å². The van der Waals surface area contributed by atoms with E-state index in [0.29, 0.717) is 0 Å². The Bertz CT molecular complexity index is 454. The van der Waals surface area contributed by atoms with Crippen molar-refractivity contribution in [2.75, 3.05) is 0 Å². The number of pyridine rings is 1. The average Bonchev–Trinajstić information content (AvgIpc) is 2.21. The van der Waals surface area contributed by atoms with E-state index in [1.54, 1.807) is 6.07 Å². The van der Waals surface area contributed by atoms with Crippen molar-refractivity contribution in [3.63, 3.8) is 0 Å². The number of hydrogen-bond donors (Lipinski definition) is 0. The summed E-state index contributed by atoms with van der Waals surface area (Å²) in [5, 5.41) is 0.358. The summed E-state index contributed by atoms with van der Waals surface area (Å²) < 4.78 is 26.9. The van der Waals surface area contributed by atoms with E-state index in [9.17, 15) is 8.78 Å². The van der Waals surface area contributed by atoms with Gasteiger partial charge in [-0.1, -0.05) is 29.3 Å². The lowest BCUT2D eigenvalue weighted by atomic mass is 10.1. The highest BCUT2D eigenvalue weighted by Crippen LogP contribution is 2.36. The second-order valence-corrected chi connectivity index (χ2v) is 3.87. The molecule has 1 aromatic carbocycles. The largest absolute Gasteiger partial charge is 0.228 e. The van der Waals surface area contributed by atoms with Gasteiger partial charge in [0.1, 0.15) is 5.82 Å². The summed E-state index contributed by atoms with van der Waals surface area (Å²) in [4.78, 5) is 3.37. The molecule has 0 amide bonds. The molecule has 0 atom stereocenters. The summed E-state index contributed by atoms with van der Waals surface area (Å²) in [5.74, 6) is -1.68. The van der Waals surface area contributed by atoms with Crippen LogP contribution in [0, 0.1) is 11.8 Å². The monoisotopic (exact) mass is 259 g/mol. The molecule has 2 aromatic rings. The molecule has 16 heavy (non-hydrogen) atoms. The number of aromatic nitrogens is 1. The van der Waals surface area contributed by atoms with Crippen molar-refractivity contribution in [2.24, 2.45) is 0 Å². The minimum absolute atomic E-state index is 0.119. The first-order valence-corrected chi connectivity index (χ1v) is 5.11. The fraction of sp³-hybridized carbons (Fsp3) is 0. The molecule has 0 N–H and O–H groups in total. The Morgan fingerprint density at radius 3 is 2.12 bits per heavy atom. The van der Waals surface area contributed by atoms with Gasteiger partial charge in [0, 0.05) is 11.8 Å². The van der Waals surface area contributed by atoms with E-state index < -0.39 is 11.8 Å². The van der Waals surface area contributed by atoms with E-state index in [1.807, 2.05) is 0 Å². The summed E-state index contributed by atoms with van der Waals surface area (Å²) in [5.41, 5.74) is -0.188. The predicted octanol–water partition coefficient (Wildman–Crippen LogP) is 4.33. The van der Waals surface area contributed by atoms with Crippen molar-refractivity contribution >= 4 is 23.2 Å². The zero-order valence-electron chi connectivity index (χ0n) is 7.85. The Kier molecular flexibility index (Phi) is 3.08. The van der Waals surface area contributed by atoms with Crippen LogP contribution in [0.1, 0.15) is 0 Å². The zero-order valence-corrected chi connectivity index (χ0v) is 9.36. The Hall–Kier alpha value is -1.19. The van der Waals surface area contributed by atoms with E-state index >= 15 is 0 Å². The first-order chi connectivity index (χ1) is 7.61. The third-order valence-corrected chi connectivity index (χ3v) is 2.70. The molecule has 0 saturated carbocycles. The van der Waals surface area contributed by atoms with Crippen LogP contribution in [0.5, 0.6) is 0 Å². The van der Waals surface area contributed by atoms with Crippen LogP contribution < -0.4 is 0 Å². The average molecular weight is 260 g/mol. The summed E-state index contributed by atoms with van der Waals surface area (Å²) in [6, 6.07) is 5.67. The van der Waals surface area contributed by atoms with Gasteiger partial charge in [-0.15, -0.1) is 0 Å². The summed E-state index contributed by atoms with van der Waals surface area (Å²) in [7, 11) is 0.